The maximum absolute atomic E-state index is 12.4. The Morgan fingerprint density at radius 3 is 2.43 bits per heavy atom. The summed E-state index contributed by atoms with van der Waals surface area (Å²) in [5.74, 6) is -0.751. The molecule has 1 aromatic carbocycles. The molecule has 1 N–H and O–H groups in total. The van der Waals surface area contributed by atoms with Crippen molar-refractivity contribution in [2.75, 3.05) is 7.11 Å². The molecule has 5 heteroatoms. The first-order valence-corrected chi connectivity index (χ1v) is 11.0. The summed E-state index contributed by atoms with van der Waals surface area (Å²) in [4.78, 5) is 24.5. The van der Waals surface area contributed by atoms with Gasteiger partial charge in [-0.2, -0.15) is 0 Å². The highest BCUT2D eigenvalue weighted by Crippen LogP contribution is 2.24. The van der Waals surface area contributed by atoms with Crippen LogP contribution in [-0.2, 0) is 20.7 Å². The van der Waals surface area contributed by atoms with Gasteiger partial charge < -0.3 is 10.1 Å². The van der Waals surface area contributed by atoms with Crippen LogP contribution in [0.4, 0.5) is 0 Å². The monoisotopic (exact) mass is 475 g/mol. The maximum atomic E-state index is 12.4. The van der Waals surface area contributed by atoms with Crippen LogP contribution in [0, 0.1) is 5.41 Å². The summed E-state index contributed by atoms with van der Waals surface area (Å²) >= 11 is 3.44. The number of hydrogen-bond donors (Lipinski definition) is 1. The molecule has 0 aliphatic carbocycles. The Labute approximate surface area is 189 Å². The smallest absolute Gasteiger partial charge is 0.328 e. The van der Waals surface area contributed by atoms with Crippen molar-refractivity contribution < 1.29 is 14.3 Å². The Kier molecular flexibility index (Phi) is 11.4. The van der Waals surface area contributed by atoms with Crippen LogP contribution < -0.4 is 5.32 Å². The minimum atomic E-state index is -0.717. The second-order valence-corrected chi connectivity index (χ2v) is 9.43. The zero-order valence-electron chi connectivity index (χ0n) is 18.7. The fourth-order valence-corrected chi connectivity index (χ4v) is 3.04. The Morgan fingerprint density at radius 2 is 1.83 bits per heavy atom. The second-order valence-electron chi connectivity index (χ2n) is 8.18. The van der Waals surface area contributed by atoms with Crippen molar-refractivity contribution in [2.45, 2.75) is 59.4 Å². The number of carbonyl (C=O) groups is 2. The van der Waals surface area contributed by atoms with Crippen LogP contribution in [0.25, 0.3) is 0 Å². The largest absolute Gasteiger partial charge is 0.467 e. The van der Waals surface area contributed by atoms with Gasteiger partial charge in [-0.3, -0.25) is 4.79 Å². The standard InChI is InChI=1S/C25H34BrNO3/c1-19(10-9-11-20(2)26)14-16-25(3,4)17-15-23(28)27-22(24(29)30-5)18-21-12-7-6-8-13-21/h6-8,11-15,17,22H,9-10,16,18H2,1-5H3,(H,27,28)/b17-15+,19-14+,20-11+/t22-/m0/s1. The van der Waals surface area contributed by atoms with Crippen LogP contribution in [0.15, 0.2) is 64.7 Å². The third-order valence-corrected chi connectivity index (χ3v) is 5.04. The van der Waals surface area contributed by atoms with E-state index in [1.807, 2.05) is 43.3 Å². The van der Waals surface area contributed by atoms with Gasteiger partial charge in [0.25, 0.3) is 0 Å². The van der Waals surface area contributed by atoms with E-state index in [-0.39, 0.29) is 11.3 Å². The highest BCUT2D eigenvalue weighted by atomic mass is 79.9. The van der Waals surface area contributed by atoms with Gasteiger partial charge >= 0.3 is 5.97 Å². The first kappa shape index (κ1) is 25.9. The molecule has 30 heavy (non-hydrogen) atoms. The molecule has 4 nitrogen and oxygen atoms in total. The lowest BCUT2D eigenvalue weighted by molar-refractivity contribution is -0.144. The van der Waals surface area contributed by atoms with E-state index in [0.717, 1.165) is 29.3 Å². The average Bonchev–Trinajstić information content (AvgIpc) is 2.70. The normalized spacial score (nSPS) is 13.9. The van der Waals surface area contributed by atoms with Crippen molar-refractivity contribution in [1.29, 1.82) is 0 Å². The number of hydrogen-bond acceptors (Lipinski definition) is 3. The van der Waals surface area contributed by atoms with Crippen molar-refractivity contribution in [1.82, 2.24) is 5.32 Å². The molecule has 0 unspecified atom stereocenters. The summed E-state index contributed by atoms with van der Waals surface area (Å²) in [5, 5.41) is 2.77. The average molecular weight is 476 g/mol. The molecule has 0 aliphatic rings. The zero-order chi connectivity index (χ0) is 22.6. The lowest BCUT2D eigenvalue weighted by Crippen LogP contribution is -2.42. The highest BCUT2D eigenvalue weighted by molar-refractivity contribution is 9.11. The Bertz CT molecular complexity index is 775. The van der Waals surface area contributed by atoms with Crippen LogP contribution in [0.5, 0.6) is 0 Å². The number of amides is 1. The lowest BCUT2D eigenvalue weighted by Gasteiger charge is -2.19. The summed E-state index contributed by atoms with van der Waals surface area (Å²) in [6.45, 7) is 8.34. The Balaban J connectivity index is 2.66. The van der Waals surface area contributed by atoms with E-state index in [1.165, 1.54) is 18.8 Å². The zero-order valence-corrected chi connectivity index (χ0v) is 20.3. The number of rotatable bonds is 11. The minimum absolute atomic E-state index is 0.167. The molecule has 1 aromatic rings. The molecule has 0 aromatic heterocycles. The van der Waals surface area contributed by atoms with Gasteiger partial charge in [-0.15, -0.1) is 0 Å². The van der Waals surface area contributed by atoms with E-state index in [4.69, 9.17) is 4.74 Å². The molecule has 0 saturated carbocycles. The van der Waals surface area contributed by atoms with Gasteiger partial charge in [-0.25, -0.2) is 4.79 Å². The third kappa shape index (κ3) is 11.1. The van der Waals surface area contributed by atoms with Crippen LogP contribution in [0.1, 0.15) is 52.5 Å². The Hall–Kier alpha value is -2.14. The van der Waals surface area contributed by atoms with Gasteiger partial charge in [0.05, 0.1) is 7.11 Å². The van der Waals surface area contributed by atoms with Gasteiger partial charge in [0.1, 0.15) is 6.04 Å². The van der Waals surface area contributed by atoms with Crippen LogP contribution in [0.3, 0.4) is 0 Å². The molecule has 1 rings (SSSR count). The van der Waals surface area contributed by atoms with Crippen LogP contribution in [-0.4, -0.2) is 25.0 Å². The maximum Gasteiger partial charge on any atom is 0.328 e. The molecule has 0 radical (unpaired) electrons. The highest BCUT2D eigenvalue weighted by Gasteiger charge is 2.21. The molecule has 0 bridgehead atoms. The molecular formula is C25H34BrNO3. The predicted molar refractivity (Wildman–Crippen MR) is 127 cm³/mol. The Morgan fingerprint density at radius 1 is 1.17 bits per heavy atom. The van der Waals surface area contributed by atoms with Gasteiger partial charge in [0.15, 0.2) is 0 Å². The number of nitrogens with one attached hydrogen (secondary N) is 1. The molecule has 0 saturated heterocycles. The van der Waals surface area contributed by atoms with Crippen molar-refractivity contribution >= 4 is 27.8 Å². The number of methoxy groups -OCH3 is 1. The summed E-state index contributed by atoms with van der Waals surface area (Å²) < 4.78 is 6.00. The van der Waals surface area contributed by atoms with Crippen molar-refractivity contribution in [3.63, 3.8) is 0 Å². The van der Waals surface area contributed by atoms with E-state index in [9.17, 15) is 9.59 Å². The van der Waals surface area contributed by atoms with E-state index >= 15 is 0 Å². The van der Waals surface area contributed by atoms with Gasteiger partial charge in [0.2, 0.25) is 5.91 Å². The van der Waals surface area contributed by atoms with Gasteiger partial charge in [0, 0.05) is 6.42 Å². The molecular weight excluding hydrogens is 442 g/mol. The van der Waals surface area contributed by atoms with E-state index in [2.05, 4.69) is 54.2 Å². The number of esters is 1. The van der Waals surface area contributed by atoms with Gasteiger partial charge in [-0.05, 0) is 54.6 Å². The summed E-state index contributed by atoms with van der Waals surface area (Å²) in [5.41, 5.74) is 2.13. The summed E-state index contributed by atoms with van der Waals surface area (Å²) in [6.07, 6.45) is 11.1. The van der Waals surface area contributed by atoms with Crippen molar-refractivity contribution in [3.8, 4) is 0 Å². The summed E-state index contributed by atoms with van der Waals surface area (Å²) in [7, 11) is 1.33. The predicted octanol–water partition coefficient (Wildman–Crippen LogP) is 5.88. The van der Waals surface area contributed by atoms with Crippen LogP contribution in [0.2, 0.25) is 0 Å². The molecule has 164 valence electrons. The minimum Gasteiger partial charge on any atom is -0.467 e. The number of carbonyl (C=O) groups excluding carboxylic acids is 2. The fraction of sp³-hybridized carbons (Fsp3) is 0.440. The topological polar surface area (TPSA) is 55.4 Å². The molecule has 0 spiro atoms. The lowest BCUT2D eigenvalue weighted by atomic mass is 9.87. The van der Waals surface area contributed by atoms with Gasteiger partial charge in [-0.1, -0.05) is 83.9 Å². The number of benzene rings is 1. The SMILES string of the molecule is COC(=O)[C@H](Cc1ccccc1)NC(=O)/C=C/C(C)(C)C/C=C(\C)CC/C=C(\C)Br. The first-order valence-electron chi connectivity index (χ1n) is 10.2. The molecule has 1 amide bonds. The van der Waals surface area contributed by atoms with E-state index < -0.39 is 12.0 Å². The summed E-state index contributed by atoms with van der Waals surface area (Å²) in [6, 6.07) is 8.85. The number of allylic oxidation sites excluding steroid dienone is 5. The number of ether oxygens (including phenoxy) is 1. The molecule has 0 aliphatic heterocycles. The second kappa shape index (κ2) is 13.2. The molecule has 0 heterocycles. The molecule has 1 atom stereocenters. The molecule has 0 fully saturated rings. The quantitative estimate of drug-likeness (QED) is 0.246. The van der Waals surface area contributed by atoms with Crippen LogP contribution >= 0.6 is 15.9 Å². The fourth-order valence-electron chi connectivity index (χ4n) is 2.81. The first-order chi connectivity index (χ1) is 14.1. The third-order valence-electron chi connectivity index (χ3n) is 4.71. The van der Waals surface area contributed by atoms with Crippen molar-refractivity contribution in [3.05, 3.63) is 70.3 Å². The van der Waals surface area contributed by atoms with E-state index in [0.29, 0.717) is 6.42 Å². The van der Waals surface area contributed by atoms with Crippen molar-refractivity contribution in [2.24, 2.45) is 5.41 Å². The van der Waals surface area contributed by atoms with E-state index in [1.54, 1.807) is 0 Å². The number of halogens is 1.